The maximum Gasteiger partial charge on any atom is 0.261 e. The fourth-order valence-corrected chi connectivity index (χ4v) is 3.26. The lowest BCUT2D eigenvalue weighted by molar-refractivity contribution is 0.101. The quantitative estimate of drug-likeness (QED) is 0.396. The van der Waals surface area contributed by atoms with E-state index in [1.54, 1.807) is 36.4 Å². The Morgan fingerprint density at radius 3 is 2.00 bits per heavy atom. The van der Waals surface area contributed by atoms with E-state index < -0.39 is 23.1 Å². The average molecular weight is 478 g/mol. The Morgan fingerprint density at radius 1 is 0.875 bits per heavy atom. The van der Waals surface area contributed by atoms with Gasteiger partial charge < -0.3 is 25.4 Å². The van der Waals surface area contributed by atoms with Crippen molar-refractivity contribution < 1.29 is 23.0 Å². The van der Waals surface area contributed by atoms with Crippen LogP contribution in [0.2, 0.25) is 5.02 Å². The summed E-state index contributed by atoms with van der Waals surface area (Å²) in [6.45, 7) is 0. The summed E-state index contributed by atoms with van der Waals surface area (Å²) in [4.78, 5) is 12.2. The van der Waals surface area contributed by atoms with Crippen molar-refractivity contribution in [1.82, 2.24) is 0 Å². The van der Waals surface area contributed by atoms with Gasteiger partial charge in [-0.05, 0) is 54.7 Å². The molecule has 3 N–H and O–H groups in total. The van der Waals surface area contributed by atoms with Crippen molar-refractivity contribution in [3.63, 3.8) is 0 Å². The minimum atomic E-state index is -0.939. The van der Waals surface area contributed by atoms with Gasteiger partial charge in [0.15, 0.2) is 5.11 Å². The second-order valence-electron chi connectivity index (χ2n) is 6.39. The molecule has 0 unspecified atom stereocenters. The van der Waals surface area contributed by atoms with Crippen LogP contribution in [0.1, 0.15) is 10.4 Å². The second kappa shape index (κ2) is 10.3. The van der Waals surface area contributed by atoms with E-state index >= 15 is 0 Å². The van der Waals surface area contributed by atoms with Gasteiger partial charge in [0.2, 0.25) is 0 Å². The molecule has 3 aromatic carbocycles. The first-order chi connectivity index (χ1) is 15.3. The minimum Gasteiger partial charge on any atom is -0.495 e. The molecule has 0 bridgehead atoms. The van der Waals surface area contributed by atoms with E-state index in [4.69, 9.17) is 33.3 Å². The molecule has 10 heteroatoms. The van der Waals surface area contributed by atoms with Crippen LogP contribution in [0.15, 0.2) is 54.6 Å². The van der Waals surface area contributed by atoms with Gasteiger partial charge in [0.1, 0.15) is 28.7 Å². The van der Waals surface area contributed by atoms with Gasteiger partial charge in [-0.1, -0.05) is 17.7 Å². The van der Waals surface area contributed by atoms with Gasteiger partial charge in [-0.15, -0.1) is 0 Å². The van der Waals surface area contributed by atoms with Gasteiger partial charge in [0.05, 0.1) is 24.9 Å². The van der Waals surface area contributed by atoms with Crippen LogP contribution in [0, 0.1) is 11.6 Å². The molecule has 32 heavy (non-hydrogen) atoms. The van der Waals surface area contributed by atoms with E-state index in [0.29, 0.717) is 33.6 Å². The van der Waals surface area contributed by atoms with E-state index in [1.165, 1.54) is 20.3 Å². The number of ether oxygens (including phenoxy) is 2. The molecule has 0 atom stereocenters. The summed E-state index contributed by atoms with van der Waals surface area (Å²) < 4.78 is 38.0. The number of thiocarbonyl (C=S) groups is 1. The zero-order valence-electron chi connectivity index (χ0n) is 17.0. The van der Waals surface area contributed by atoms with Crippen molar-refractivity contribution >= 4 is 51.9 Å². The van der Waals surface area contributed by atoms with Crippen molar-refractivity contribution in [3.8, 4) is 11.5 Å². The zero-order valence-corrected chi connectivity index (χ0v) is 18.5. The summed E-state index contributed by atoms with van der Waals surface area (Å²) in [7, 11) is 3.00. The fourth-order valence-electron chi connectivity index (χ4n) is 2.79. The van der Waals surface area contributed by atoms with Gasteiger partial charge in [0, 0.05) is 17.4 Å². The Kier molecular flexibility index (Phi) is 7.45. The first-order valence-electron chi connectivity index (χ1n) is 9.17. The lowest BCUT2D eigenvalue weighted by atomic mass is 10.1. The lowest BCUT2D eigenvalue weighted by Gasteiger charge is -2.15. The van der Waals surface area contributed by atoms with Crippen LogP contribution in [-0.2, 0) is 0 Å². The molecule has 3 rings (SSSR count). The largest absolute Gasteiger partial charge is 0.495 e. The standard InChI is InChI=1S/C22H18ClF2N3O3S/c1-30-18-11-19(31-2)17(10-14(18)23)28-22(32)27-13-8-6-12(7-9-13)26-21(29)20-15(24)4-3-5-16(20)25/h3-11H,1-2H3,(H,26,29)(H2,27,28,32). The normalized spacial score (nSPS) is 10.3. The Balaban J connectivity index is 1.65. The molecular weight excluding hydrogens is 460 g/mol. The molecule has 0 saturated heterocycles. The van der Waals surface area contributed by atoms with E-state index in [9.17, 15) is 13.6 Å². The van der Waals surface area contributed by atoms with Gasteiger partial charge in [0.25, 0.3) is 5.91 Å². The monoisotopic (exact) mass is 477 g/mol. The molecule has 0 fully saturated rings. The highest BCUT2D eigenvalue weighted by atomic mass is 35.5. The third-order valence-corrected chi connectivity index (χ3v) is 4.81. The minimum absolute atomic E-state index is 0.259. The number of amides is 1. The number of anilines is 3. The van der Waals surface area contributed by atoms with Crippen LogP contribution in [0.5, 0.6) is 11.5 Å². The highest BCUT2D eigenvalue weighted by Crippen LogP contribution is 2.36. The molecule has 0 heterocycles. The van der Waals surface area contributed by atoms with Crippen molar-refractivity contribution in [2.24, 2.45) is 0 Å². The summed E-state index contributed by atoms with van der Waals surface area (Å²) in [6.07, 6.45) is 0. The number of rotatable bonds is 6. The Morgan fingerprint density at radius 2 is 1.44 bits per heavy atom. The number of halogens is 3. The number of nitrogens with one attached hydrogen (secondary N) is 3. The molecule has 6 nitrogen and oxygen atoms in total. The molecule has 0 saturated carbocycles. The number of benzene rings is 3. The molecule has 1 amide bonds. The molecule has 0 aliphatic heterocycles. The van der Waals surface area contributed by atoms with E-state index in [0.717, 1.165) is 12.1 Å². The molecule has 0 aromatic heterocycles. The number of methoxy groups -OCH3 is 2. The van der Waals surface area contributed by atoms with Crippen molar-refractivity contribution in [3.05, 3.63) is 76.8 Å². The molecule has 0 aliphatic carbocycles. The molecular formula is C22H18ClF2N3O3S. The third kappa shape index (κ3) is 5.43. The predicted octanol–water partition coefficient (Wildman–Crippen LogP) is 5.70. The number of hydrogen-bond donors (Lipinski definition) is 3. The first-order valence-corrected chi connectivity index (χ1v) is 9.96. The number of carbonyl (C=O) groups excluding carboxylic acids is 1. The molecule has 166 valence electrons. The van der Waals surface area contributed by atoms with Crippen molar-refractivity contribution in [1.29, 1.82) is 0 Å². The summed E-state index contributed by atoms with van der Waals surface area (Å²) in [5.74, 6) is -1.82. The SMILES string of the molecule is COc1cc(OC)c(NC(=S)Nc2ccc(NC(=O)c3c(F)cccc3F)cc2)cc1Cl. The molecule has 0 spiro atoms. The fraction of sp³-hybridized carbons (Fsp3) is 0.0909. The maximum absolute atomic E-state index is 13.8. The van der Waals surface area contributed by atoms with Gasteiger partial charge >= 0.3 is 0 Å². The highest BCUT2D eigenvalue weighted by Gasteiger charge is 2.17. The lowest BCUT2D eigenvalue weighted by Crippen LogP contribution is -2.19. The van der Waals surface area contributed by atoms with Crippen LogP contribution in [0.25, 0.3) is 0 Å². The summed E-state index contributed by atoms with van der Waals surface area (Å²) in [5.41, 5.74) is 0.848. The third-order valence-electron chi connectivity index (χ3n) is 4.31. The number of hydrogen-bond acceptors (Lipinski definition) is 4. The van der Waals surface area contributed by atoms with Crippen LogP contribution >= 0.6 is 23.8 Å². The Bertz CT molecular complexity index is 1140. The molecule has 3 aromatic rings. The van der Waals surface area contributed by atoms with E-state index in [1.807, 2.05) is 0 Å². The Hall–Kier alpha value is -3.43. The van der Waals surface area contributed by atoms with E-state index in [-0.39, 0.29) is 5.11 Å². The number of carbonyl (C=O) groups is 1. The zero-order chi connectivity index (χ0) is 23.3. The smallest absolute Gasteiger partial charge is 0.261 e. The second-order valence-corrected chi connectivity index (χ2v) is 7.21. The molecule has 0 radical (unpaired) electrons. The van der Waals surface area contributed by atoms with Crippen LogP contribution in [0.3, 0.4) is 0 Å². The van der Waals surface area contributed by atoms with Gasteiger partial charge in [-0.25, -0.2) is 8.78 Å². The molecule has 0 aliphatic rings. The van der Waals surface area contributed by atoms with Crippen LogP contribution in [0.4, 0.5) is 25.8 Å². The van der Waals surface area contributed by atoms with Crippen LogP contribution in [-0.4, -0.2) is 25.2 Å². The van der Waals surface area contributed by atoms with Crippen molar-refractivity contribution in [2.45, 2.75) is 0 Å². The van der Waals surface area contributed by atoms with Gasteiger partial charge in [-0.3, -0.25) is 4.79 Å². The first kappa shape index (κ1) is 23.2. The maximum atomic E-state index is 13.8. The average Bonchev–Trinajstić information content (AvgIpc) is 2.75. The topological polar surface area (TPSA) is 71.6 Å². The summed E-state index contributed by atoms with van der Waals surface area (Å²) in [5, 5.41) is 9.06. The predicted molar refractivity (Wildman–Crippen MR) is 125 cm³/mol. The summed E-state index contributed by atoms with van der Waals surface area (Å²) in [6, 6.07) is 12.9. The van der Waals surface area contributed by atoms with Crippen molar-refractivity contribution in [2.75, 3.05) is 30.2 Å². The summed E-state index contributed by atoms with van der Waals surface area (Å²) >= 11 is 11.5. The van der Waals surface area contributed by atoms with Gasteiger partial charge in [-0.2, -0.15) is 0 Å². The Labute approximate surface area is 193 Å². The van der Waals surface area contributed by atoms with E-state index in [2.05, 4.69) is 16.0 Å². The highest BCUT2D eigenvalue weighted by molar-refractivity contribution is 7.80. The van der Waals surface area contributed by atoms with Crippen LogP contribution < -0.4 is 25.4 Å².